The fourth-order valence-electron chi connectivity index (χ4n) is 8.20. The average Bonchev–Trinajstić information content (AvgIpc) is 0.860. The van der Waals surface area contributed by atoms with Crippen molar-refractivity contribution in [2.45, 2.75) is 26.7 Å². The van der Waals surface area contributed by atoms with Gasteiger partial charge in [-0.25, -0.2) is 0 Å². The number of ether oxygens (including phenoxy) is 29. The minimum absolute atomic E-state index is 0.00932. The summed E-state index contributed by atoms with van der Waals surface area (Å²) in [6.45, 7) is 30.7. The Morgan fingerprint density at radius 3 is 0.627 bits per heavy atom. The third-order valence-electron chi connectivity index (χ3n) is 13.7. The summed E-state index contributed by atoms with van der Waals surface area (Å²) in [7, 11) is 0. The van der Waals surface area contributed by atoms with Crippen molar-refractivity contribution in [1.82, 2.24) is 31.0 Å². The molecule has 0 atom stereocenters. The van der Waals surface area contributed by atoms with Gasteiger partial charge in [-0.3, -0.25) is 9.59 Å². The van der Waals surface area contributed by atoms with E-state index in [0.29, 0.717) is 414 Å². The first kappa shape index (κ1) is 102. The zero-order valence-corrected chi connectivity index (χ0v) is 65.9. The Balaban J connectivity index is 1.10. The molecule has 110 heavy (non-hydrogen) atoms. The summed E-state index contributed by atoms with van der Waals surface area (Å²) in [4.78, 5) is 23.4. The molecule has 0 radical (unpaired) electrons. The van der Waals surface area contributed by atoms with Crippen LogP contribution < -0.4 is 15.4 Å². The van der Waals surface area contributed by atoms with Gasteiger partial charge in [-0.05, 0) is 38.1 Å². The second-order valence-corrected chi connectivity index (χ2v) is 22.6. The van der Waals surface area contributed by atoms with Gasteiger partial charge in [0, 0.05) is 31.5 Å². The van der Waals surface area contributed by atoms with Crippen LogP contribution in [0.2, 0.25) is 0 Å². The summed E-state index contributed by atoms with van der Waals surface area (Å²) in [6, 6.07) is 7.38. The molecule has 2 amide bonds. The molecule has 0 saturated carbocycles. The smallest absolute Gasteiger partial charge is 0.222 e. The number of carbonyl (C=O) groups is 2. The molecule has 0 aliphatic carbocycles. The van der Waals surface area contributed by atoms with E-state index in [-0.39, 0.29) is 18.2 Å². The third kappa shape index (κ3) is 77.7. The van der Waals surface area contributed by atoms with E-state index in [1.54, 1.807) is 6.92 Å². The summed E-state index contributed by atoms with van der Waals surface area (Å²) >= 11 is 0. The SMILES string of the molecule is CCNC(=O)CCOCCOCCOCCOCCOCCOCCOCCOCCOCCOCCOCCOCCOCCOCCOCCOCCOCCOCCOCCOCCOCCOCCOCCOCCNC(=O)CCOCCOCCOCCOCCOc1ccc(-c2nnc(C)nn2)cc1. The summed E-state index contributed by atoms with van der Waals surface area (Å²) in [6.07, 6.45) is 0.609. The molecule has 0 unspecified atom stereocenters. The minimum Gasteiger partial charge on any atom is -0.491 e. The molecule has 0 bridgehead atoms. The van der Waals surface area contributed by atoms with Crippen molar-refractivity contribution in [2.75, 3.05) is 390 Å². The second-order valence-electron chi connectivity index (χ2n) is 22.6. The Morgan fingerprint density at radius 1 is 0.236 bits per heavy atom. The standard InChI is InChI=1S/C73H134N6O31/c1-3-74-71(80)8-11-82-14-17-85-20-23-88-26-28-90-30-32-92-34-36-94-38-40-96-42-44-98-46-48-100-50-52-102-54-56-104-58-60-106-62-63-107-61-59-105-57-55-103-53-51-101-49-47-99-45-43-97-41-39-95-37-35-93-33-31-91-29-27-89-25-22-87-19-16-84-13-10-75-72(81)9-12-83-15-18-86-21-24-108-64-65-109-66-67-110-70-6-4-69(5-7-70)73-78-76-68(2)77-79-73/h4-7H,3,8-67H2,1-2H3,(H,74,80)(H,75,81). The molecule has 642 valence electrons. The van der Waals surface area contributed by atoms with Crippen molar-refractivity contribution >= 4 is 11.8 Å². The summed E-state index contributed by atoms with van der Waals surface area (Å²) in [5, 5.41) is 21.4. The van der Waals surface area contributed by atoms with Gasteiger partial charge in [0.05, 0.1) is 370 Å². The molecule has 1 heterocycles. The van der Waals surface area contributed by atoms with Crippen LogP contribution in [0.3, 0.4) is 0 Å². The maximum absolute atomic E-state index is 12.0. The van der Waals surface area contributed by atoms with Gasteiger partial charge < -0.3 is 148 Å². The number of aromatic nitrogens is 4. The zero-order chi connectivity index (χ0) is 78.2. The second kappa shape index (κ2) is 87.2. The molecule has 0 spiro atoms. The van der Waals surface area contributed by atoms with E-state index in [2.05, 4.69) is 31.0 Å². The summed E-state index contributed by atoms with van der Waals surface area (Å²) in [5.74, 6) is 1.57. The molecule has 1 aromatic carbocycles. The molecule has 37 nitrogen and oxygen atoms in total. The predicted octanol–water partition coefficient (Wildman–Crippen LogP) is 1.12. The molecular formula is C73H134N6O31. The van der Waals surface area contributed by atoms with Gasteiger partial charge in [0.25, 0.3) is 0 Å². The Kier molecular flexibility index (Phi) is 80.7. The van der Waals surface area contributed by atoms with E-state index in [1.165, 1.54) is 0 Å². The van der Waals surface area contributed by atoms with E-state index in [0.717, 1.165) is 5.56 Å². The lowest BCUT2D eigenvalue weighted by molar-refractivity contribution is -0.123. The number of carbonyl (C=O) groups excluding carboxylic acids is 2. The maximum atomic E-state index is 12.0. The third-order valence-corrected chi connectivity index (χ3v) is 13.7. The van der Waals surface area contributed by atoms with Crippen LogP contribution in [0.5, 0.6) is 5.75 Å². The minimum atomic E-state index is -0.107. The number of aryl methyl sites for hydroxylation is 1. The number of amides is 2. The molecule has 37 heteroatoms. The van der Waals surface area contributed by atoms with Crippen LogP contribution in [-0.2, 0) is 142 Å². The number of rotatable bonds is 93. The van der Waals surface area contributed by atoms with E-state index in [1.807, 2.05) is 31.2 Å². The maximum Gasteiger partial charge on any atom is 0.222 e. The van der Waals surface area contributed by atoms with Crippen molar-refractivity contribution in [3.8, 4) is 17.1 Å². The Labute approximate surface area is 651 Å². The van der Waals surface area contributed by atoms with E-state index >= 15 is 0 Å². The Morgan fingerprint density at radius 2 is 0.418 bits per heavy atom. The van der Waals surface area contributed by atoms with Gasteiger partial charge in [-0.15, -0.1) is 20.4 Å². The topological polar surface area (TPSA) is 377 Å². The highest BCUT2D eigenvalue weighted by Gasteiger charge is 2.07. The molecule has 2 N–H and O–H groups in total. The number of hydrogen-bond acceptors (Lipinski definition) is 35. The number of nitrogens with zero attached hydrogens (tertiary/aromatic N) is 4. The lowest BCUT2D eigenvalue weighted by Gasteiger charge is -2.09. The number of nitrogens with one attached hydrogen (secondary N) is 2. The highest BCUT2D eigenvalue weighted by molar-refractivity contribution is 5.76. The fourth-order valence-corrected chi connectivity index (χ4v) is 8.20. The van der Waals surface area contributed by atoms with Gasteiger partial charge in [-0.2, -0.15) is 0 Å². The van der Waals surface area contributed by atoms with Gasteiger partial charge in [0.1, 0.15) is 12.4 Å². The van der Waals surface area contributed by atoms with Gasteiger partial charge in [0.15, 0.2) is 5.82 Å². The molecule has 0 aliphatic heterocycles. The van der Waals surface area contributed by atoms with Gasteiger partial charge in [0.2, 0.25) is 17.6 Å². The van der Waals surface area contributed by atoms with Crippen LogP contribution >= 0.6 is 0 Å². The summed E-state index contributed by atoms with van der Waals surface area (Å²) in [5.41, 5.74) is 0.806. The van der Waals surface area contributed by atoms with Crippen LogP contribution in [0, 0.1) is 6.92 Å². The molecule has 2 aromatic rings. The van der Waals surface area contributed by atoms with Crippen molar-refractivity contribution in [1.29, 1.82) is 0 Å². The molecular weight excluding hydrogens is 1460 g/mol. The molecule has 2 rings (SSSR count). The number of hydrogen-bond donors (Lipinski definition) is 2. The first-order valence-electron chi connectivity index (χ1n) is 38.6. The predicted molar refractivity (Wildman–Crippen MR) is 397 cm³/mol. The lowest BCUT2D eigenvalue weighted by atomic mass is 10.2. The number of benzene rings is 1. The van der Waals surface area contributed by atoms with Gasteiger partial charge >= 0.3 is 0 Å². The van der Waals surface area contributed by atoms with Crippen LogP contribution in [0.4, 0.5) is 0 Å². The monoisotopic (exact) mass is 1590 g/mol. The fraction of sp³-hybridized carbons (Fsp3) is 0.863. The summed E-state index contributed by atoms with van der Waals surface area (Å²) < 4.78 is 160. The van der Waals surface area contributed by atoms with E-state index in [4.69, 9.17) is 137 Å². The van der Waals surface area contributed by atoms with Crippen molar-refractivity contribution in [2.24, 2.45) is 0 Å². The zero-order valence-electron chi connectivity index (χ0n) is 65.9. The molecule has 0 saturated heterocycles. The Bertz CT molecular complexity index is 2180. The molecule has 1 aromatic heterocycles. The van der Waals surface area contributed by atoms with E-state index < -0.39 is 0 Å². The first-order chi connectivity index (χ1) is 54.6. The normalized spacial score (nSPS) is 11.6. The van der Waals surface area contributed by atoms with Crippen molar-refractivity contribution in [3.05, 3.63) is 30.1 Å². The molecule has 0 fully saturated rings. The first-order valence-corrected chi connectivity index (χ1v) is 38.6. The molecule has 0 aliphatic rings. The lowest BCUT2D eigenvalue weighted by Crippen LogP contribution is -2.28. The van der Waals surface area contributed by atoms with Crippen LogP contribution in [0.25, 0.3) is 11.4 Å². The van der Waals surface area contributed by atoms with Crippen molar-refractivity contribution < 1.29 is 147 Å². The van der Waals surface area contributed by atoms with Crippen LogP contribution in [-0.4, -0.2) is 422 Å². The largest absolute Gasteiger partial charge is 0.491 e. The average molecular weight is 1590 g/mol. The Hall–Kier alpha value is -4.22. The van der Waals surface area contributed by atoms with Crippen LogP contribution in [0.15, 0.2) is 24.3 Å². The van der Waals surface area contributed by atoms with E-state index in [9.17, 15) is 9.59 Å². The van der Waals surface area contributed by atoms with Gasteiger partial charge in [-0.1, -0.05) is 0 Å². The van der Waals surface area contributed by atoms with Crippen molar-refractivity contribution in [3.63, 3.8) is 0 Å². The van der Waals surface area contributed by atoms with Crippen LogP contribution in [0.1, 0.15) is 25.6 Å². The highest BCUT2D eigenvalue weighted by atomic mass is 16.6. The highest BCUT2D eigenvalue weighted by Crippen LogP contribution is 2.18. The quantitative estimate of drug-likeness (QED) is 0.0876.